The fourth-order valence-electron chi connectivity index (χ4n) is 2.28. The standard InChI is InChI=1S/C18H18ClN5O3/c1-25-12-4-6-13(7-5-12)27-10-16-22-17(20)24-18(23-16)21-14-9-11(19)3-8-15(14)26-2/h3-9H,10H2,1-2H3,(H3,20,21,22,23,24). The smallest absolute Gasteiger partial charge is 0.232 e. The van der Waals surface area contributed by atoms with Crippen LogP contribution >= 0.6 is 11.6 Å². The second kappa shape index (κ2) is 8.41. The first-order chi connectivity index (χ1) is 13.1. The van der Waals surface area contributed by atoms with E-state index in [1.165, 1.54) is 0 Å². The summed E-state index contributed by atoms with van der Waals surface area (Å²) in [4.78, 5) is 12.5. The van der Waals surface area contributed by atoms with E-state index in [0.717, 1.165) is 5.75 Å². The van der Waals surface area contributed by atoms with Gasteiger partial charge in [-0.3, -0.25) is 0 Å². The summed E-state index contributed by atoms with van der Waals surface area (Å²) in [6.07, 6.45) is 0. The van der Waals surface area contributed by atoms with Gasteiger partial charge in [0.05, 0.1) is 19.9 Å². The molecule has 9 heteroatoms. The number of nitrogen functional groups attached to an aromatic ring is 1. The Labute approximate surface area is 161 Å². The van der Waals surface area contributed by atoms with Crippen molar-refractivity contribution in [2.75, 3.05) is 25.3 Å². The minimum absolute atomic E-state index is 0.0711. The van der Waals surface area contributed by atoms with Gasteiger partial charge in [0.2, 0.25) is 11.9 Å². The Morgan fingerprint density at radius 2 is 1.70 bits per heavy atom. The van der Waals surface area contributed by atoms with Gasteiger partial charge < -0.3 is 25.3 Å². The summed E-state index contributed by atoms with van der Waals surface area (Å²) < 4.78 is 16.1. The molecule has 0 atom stereocenters. The van der Waals surface area contributed by atoms with Crippen molar-refractivity contribution < 1.29 is 14.2 Å². The lowest BCUT2D eigenvalue weighted by Gasteiger charge is -2.11. The highest BCUT2D eigenvalue weighted by Crippen LogP contribution is 2.29. The first kappa shape index (κ1) is 18.5. The quantitative estimate of drug-likeness (QED) is 0.635. The van der Waals surface area contributed by atoms with Gasteiger partial charge in [-0.25, -0.2) is 0 Å². The third kappa shape index (κ3) is 4.89. The molecule has 0 radical (unpaired) electrons. The lowest BCUT2D eigenvalue weighted by Crippen LogP contribution is -2.09. The largest absolute Gasteiger partial charge is 0.497 e. The first-order valence-corrected chi connectivity index (χ1v) is 8.33. The predicted molar refractivity (Wildman–Crippen MR) is 103 cm³/mol. The summed E-state index contributed by atoms with van der Waals surface area (Å²) in [5, 5.41) is 3.58. The molecule has 0 aliphatic heterocycles. The number of nitrogens with zero attached hydrogens (tertiary/aromatic N) is 3. The molecule has 8 nitrogen and oxygen atoms in total. The highest BCUT2D eigenvalue weighted by molar-refractivity contribution is 6.31. The summed E-state index contributed by atoms with van der Waals surface area (Å²) in [5.41, 5.74) is 6.40. The fraction of sp³-hybridized carbons (Fsp3) is 0.167. The van der Waals surface area contributed by atoms with Crippen molar-refractivity contribution in [3.8, 4) is 17.2 Å². The molecule has 0 saturated carbocycles. The number of nitrogens with one attached hydrogen (secondary N) is 1. The summed E-state index contributed by atoms with van der Waals surface area (Å²) in [7, 11) is 3.16. The maximum absolute atomic E-state index is 6.04. The third-order valence-corrected chi connectivity index (χ3v) is 3.77. The molecule has 0 aliphatic carbocycles. The number of benzene rings is 2. The van der Waals surface area contributed by atoms with Crippen LogP contribution in [0, 0.1) is 0 Å². The van der Waals surface area contributed by atoms with Gasteiger partial charge in [0.1, 0.15) is 23.9 Å². The lowest BCUT2D eigenvalue weighted by atomic mass is 10.3. The number of aromatic nitrogens is 3. The molecule has 3 N–H and O–H groups in total. The van der Waals surface area contributed by atoms with E-state index in [0.29, 0.717) is 28.0 Å². The molecule has 140 valence electrons. The van der Waals surface area contributed by atoms with E-state index in [2.05, 4.69) is 20.3 Å². The van der Waals surface area contributed by atoms with Gasteiger partial charge in [0.15, 0.2) is 5.82 Å². The molecule has 0 aliphatic rings. The minimum atomic E-state index is 0.0711. The molecule has 0 bridgehead atoms. The number of ether oxygens (including phenoxy) is 3. The van der Waals surface area contributed by atoms with Gasteiger partial charge >= 0.3 is 0 Å². The molecule has 1 aromatic heterocycles. The van der Waals surface area contributed by atoms with E-state index in [-0.39, 0.29) is 18.5 Å². The van der Waals surface area contributed by atoms with Crippen molar-refractivity contribution in [1.82, 2.24) is 15.0 Å². The Hall–Kier alpha value is -3.26. The Morgan fingerprint density at radius 3 is 2.41 bits per heavy atom. The first-order valence-electron chi connectivity index (χ1n) is 7.95. The topological polar surface area (TPSA) is 104 Å². The zero-order valence-corrected chi connectivity index (χ0v) is 15.5. The zero-order valence-electron chi connectivity index (χ0n) is 14.8. The Kier molecular flexibility index (Phi) is 5.77. The molecule has 0 amide bonds. The fourth-order valence-corrected chi connectivity index (χ4v) is 2.45. The van der Waals surface area contributed by atoms with Gasteiger partial charge in [-0.1, -0.05) is 11.6 Å². The van der Waals surface area contributed by atoms with Crippen molar-refractivity contribution in [3.05, 3.63) is 53.3 Å². The monoisotopic (exact) mass is 387 g/mol. The molecular weight excluding hydrogens is 370 g/mol. The van der Waals surface area contributed by atoms with Crippen LogP contribution in [0.4, 0.5) is 17.6 Å². The van der Waals surface area contributed by atoms with Crippen LogP contribution in [-0.2, 0) is 6.61 Å². The SMILES string of the molecule is COc1ccc(OCc2nc(N)nc(Nc3cc(Cl)ccc3OC)n2)cc1. The highest BCUT2D eigenvalue weighted by atomic mass is 35.5. The average Bonchev–Trinajstić information content (AvgIpc) is 2.66. The van der Waals surface area contributed by atoms with Crippen molar-refractivity contribution in [2.45, 2.75) is 6.61 Å². The maximum Gasteiger partial charge on any atom is 0.232 e. The van der Waals surface area contributed by atoms with Crippen LogP contribution in [-0.4, -0.2) is 29.2 Å². The van der Waals surface area contributed by atoms with Crippen molar-refractivity contribution in [1.29, 1.82) is 0 Å². The van der Waals surface area contributed by atoms with Crippen molar-refractivity contribution in [2.24, 2.45) is 0 Å². The molecule has 0 unspecified atom stereocenters. The maximum atomic E-state index is 6.04. The highest BCUT2D eigenvalue weighted by Gasteiger charge is 2.10. The number of halogens is 1. The van der Waals surface area contributed by atoms with E-state index in [9.17, 15) is 0 Å². The Bertz CT molecular complexity index is 921. The third-order valence-electron chi connectivity index (χ3n) is 3.53. The summed E-state index contributed by atoms with van der Waals surface area (Å²) in [5.74, 6) is 2.70. The van der Waals surface area contributed by atoms with Crippen LogP contribution in [0.2, 0.25) is 5.02 Å². The number of hydrogen-bond donors (Lipinski definition) is 2. The van der Waals surface area contributed by atoms with E-state index in [4.69, 9.17) is 31.5 Å². The van der Waals surface area contributed by atoms with Gasteiger partial charge in [-0.05, 0) is 42.5 Å². The summed E-state index contributed by atoms with van der Waals surface area (Å²) >= 11 is 6.04. The predicted octanol–water partition coefficient (Wildman–Crippen LogP) is 3.45. The van der Waals surface area contributed by atoms with Gasteiger partial charge in [-0.2, -0.15) is 15.0 Å². The van der Waals surface area contributed by atoms with Gasteiger partial charge in [0, 0.05) is 5.02 Å². The van der Waals surface area contributed by atoms with Crippen LogP contribution in [0.25, 0.3) is 0 Å². The number of rotatable bonds is 7. The number of methoxy groups -OCH3 is 2. The molecule has 1 heterocycles. The van der Waals surface area contributed by atoms with Gasteiger partial charge in [0.25, 0.3) is 0 Å². The van der Waals surface area contributed by atoms with Crippen LogP contribution in [0.3, 0.4) is 0 Å². The van der Waals surface area contributed by atoms with E-state index >= 15 is 0 Å². The zero-order chi connectivity index (χ0) is 19.2. The van der Waals surface area contributed by atoms with E-state index in [1.807, 2.05) is 0 Å². The molecule has 3 rings (SSSR count). The molecule has 0 fully saturated rings. The molecule has 0 spiro atoms. The number of nitrogens with two attached hydrogens (primary N) is 1. The summed E-state index contributed by atoms with van der Waals surface area (Å²) in [6.45, 7) is 0.125. The van der Waals surface area contributed by atoms with Crippen LogP contribution < -0.4 is 25.3 Å². The number of anilines is 3. The Balaban J connectivity index is 1.75. The second-order valence-electron chi connectivity index (χ2n) is 5.37. The van der Waals surface area contributed by atoms with Crippen molar-refractivity contribution in [3.63, 3.8) is 0 Å². The van der Waals surface area contributed by atoms with Crippen LogP contribution in [0.1, 0.15) is 5.82 Å². The molecule has 27 heavy (non-hydrogen) atoms. The normalized spacial score (nSPS) is 10.3. The van der Waals surface area contributed by atoms with E-state index in [1.54, 1.807) is 56.7 Å². The van der Waals surface area contributed by atoms with Crippen LogP contribution in [0.15, 0.2) is 42.5 Å². The van der Waals surface area contributed by atoms with Crippen molar-refractivity contribution >= 4 is 29.2 Å². The lowest BCUT2D eigenvalue weighted by molar-refractivity contribution is 0.295. The van der Waals surface area contributed by atoms with Crippen LogP contribution in [0.5, 0.6) is 17.2 Å². The van der Waals surface area contributed by atoms with E-state index < -0.39 is 0 Å². The number of hydrogen-bond acceptors (Lipinski definition) is 8. The average molecular weight is 388 g/mol. The Morgan fingerprint density at radius 1 is 0.963 bits per heavy atom. The summed E-state index contributed by atoms with van der Waals surface area (Å²) in [6, 6.07) is 12.3. The molecule has 3 aromatic rings. The minimum Gasteiger partial charge on any atom is -0.497 e. The molecular formula is C18H18ClN5O3. The molecule has 0 saturated heterocycles. The second-order valence-corrected chi connectivity index (χ2v) is 5.80. The molecule has 2 aromatic carbocycles. The van der Waals surface area contributed by atoms with Gasteiger partial charge in [-0.15, -0.1) is 0 Å².